The van der Waals surface area contributed by atoms with Gasteiger partial charge in [0.15, 0.2) is 0 Å². The highest BCUT2D eigenvalue weighted by Crippen LogP contribution is 2.21. The first-order chi connectivity index (χ1) is 6.33. The van der Waals surface area contributed by atoms with Crippen LogP contribution in [0.1, 0.15) is 0 Å². The first-order valence-corrected chi connectivity index (χ1v) is 7.96. The smallest absolute Gasteiger partial charge is 0.214 e. The average Bonchev–Trinajstić information content (AvgIpc) is 2.13. The van der Waals surface area contributed by atoms with Crippen molar-refractivity contribution < 1.29 is 9.26 Å². The summed E-state index contributed by atoms with van der Waals surface area (Å²) in [6.45, 7) is 1.55. The van der Waals surface area contributed by atoms with Crippen LogP contribution in [0.2, 0.25) is 5.15 Å². The van der Waals surface area contributed by atoms with Crippen molar-refractivity contribution in [1.29, 1.82) is 0 Å². The molecule has 0 saturated heterocycles. The second-order valence-corrected chi connectivity index (χ2v) is 4.22. The first-order valence-electron chi connectivity index (χ1n) is 3.55. The van der Waals surface area contributed by atoms with E-state index in [1.54, 1.807) is 18.2 Å². The third-order valence-electron chi connectivity index (χ3n) is 1.18. The molecule has 1 unspecified atom stereocenters. The molecule has 0 radical (unpaired) electrons. The molecule has 6 heteroatoms. The van der Waals surface area contributed by atoms with Crippen LogP contribution >= 0.6 is 40.1 Å². The van der Waals surface area contributed by atoms with E-state index < -0.39 is 0 Å². The van der Waals surface area contributed by atoms with E-state index in [4.69, 9.17) is 20.9 Å². The second-order valence-electron chi connectivity index (χ2n) is 2.07. The largest absolute Gasteiger partial charge is 0.475 e. The Morgan fingerprint density at radius 2 is 2.31 bits per heavy atom. The van der Waals surface area contributed by atoms with Crippen molar-refractivity contribution >= 4 is 40.1 Å². The number of aromatic nitrogens is 1. The van der Waals surface area contributed by atoms with Gasteiger partial charge < -0.3 is 9.26 Å². The molecule has 1 aromatic heterocycles. The van der Waals surface area contributed by atoms with E-state index in [1.165, 1.54) is 0 Å². The summed E-state index contributed by atoms with van der Waals surface area (Å²) in [6.07, 6.45) is 0. The van der Waals surface area contributed by atoms with Gasteiger partial charge in [0.1, 0.15) is 11.8 Å². The first kappa shape index (κ1) is 11.4. The minimum Gasteiger partial charge on any atom is -0.475 e. The number of hydrogen-bond acceptors (Lipinski definition) is 3. The van der Waals surface area contributed by atoms with Gasteiger partial charge >= 0.3 is 0 Å². The van der Waals surface area contributed by atoms with Gasteiger partial charge in [-0.1, -0.05) is 17.7 Å². The Morgan fingerprint density at radius 1 is 1.46 bits per heavy atom. The fraction of sp³-hybridized carbons (Fsp3) is 0.286. The van der Waals surface area contributed by atoms with Gasteiger partial charge in [0.05, 0.1) is 13.1 Å². The molecule has 13 heavy (non-hydrogen) atoms. The van der Waals surface area contributed by atoms with Crippen LogP contribution in [0.5, 0.6) is 5.88 Å². The highest BCUT2D eigenvalue weighted by molar-refractivity contribution is 14.2. The molecule has 0 bridgehead atoms. The van der Waals surface area contributed by atoms with Crippen molar-refractivity contribution in [3.63, 3.8) is 0 Å². The van der Waals surface area contributed by atoms with Crippen molar-refractivity contribution in [1.82, 2.24) is 4.98 Å². The van der Waals surface area contributed by atoms with E-state index in [2.05, 4.69) is 27.0 Å². The Morgan fingerprint density at radius 3 is 3.00 bits per heavy atom. The van der Waals surface area contributed by atoms with E-state index >= 15 is 0 Å². The maximum Gasteiger partial charge on any atom is 0.214 e. The van der Waals surface area contributed by atoms with E-state index in [9.17, 15) is 0 Å². The second kappa shape index (κ2) is 6.76. The van der Waals surface area contributed by atoms with Gasteiger partial charge in [0, 0.05) is 6.07 Å². The zero-order chi connectivity index (χ0) is 9.52. The molecular weight excluding hydrogens is 323 g/mol. The molecule has 1 heterocycles. The number of nitrogens with zero attached hydrogens (tertiary/aromatic N) is 1. The van der Waals surface area contributed by atoms with Crippen LogP contribution in [0.3, 0.4) is 0 Å². The van der Waals surface area contributed by atoms with Crippen molar-refractivity contribution in [2.45, 2.75) is 0 Å². The summed E-state index contributed by atoms with van der Waals surface area (Å²) in [4.78, 5) is 3.96. The molecule has 3 nitrogen and oxygen atoms in total. The van der Waals surface area contributed by atoms with Crippen molar-refractivity contribution in [2.75, 3.05) is 13.2 Å². The Kier molecular flexibility index (Phi) is 5.95. The van der Waals surface area contributed by atoms with Gasteiger partial charge in [-0.25, -0.2) is 4.98 Å². The predicted molar refractivity (Wildman–Crippen MR) is 63.0 cm³/mol. The molecule has 0 amide bonds. The summed E-state index contributed by atoms with van der Waals surface area (Å²) in [7, 11) is 0. The molecular formula is C7H8ClINO2P. The molecule has 0 fully saturated rings. The third-order valence-corrected chi connectivity index (χ3v) is 2.64. The lowest BCUT2D eigenvalue weighted by molar-refractivity contribution is 0.231. The molecule has 0 aliphatic heterocycles. The number of rotatable bonds is 5. The van der Waals surface area contributed by atoms with Crippen molar-refractivity contribution in [3.8, 4) is 5.88 Å². The zero-order valence-corrected chi connectivity index (χ0v) is 10.6. The number of hydrogen-bond donors (Lipinski definition) is 0. The standard InChI is InChI=1S/C7H8ClINO2P/c8-6-2-1-3-7(10-6)11-4-5-12-13-9/h1-3,13H,4-5H2. The Bertz CT molecular complexity index is 264. The topological polar surface area (TPSA) is 31.4 Å². The van der Waals surface area contributed by atoms with Gasteiger partial charge in [0.2, 0.25) is 5.88 Å². The SMILES string of the molecule is Clc1cccc(OCCOPI)n1. The minimum atomic E-state index is 0.439. The van der Waals surface area contributed by atoms with E-state index in [-0.39, 0.29) is 0 Å². The third kappa shape index (κ3) is 4.96. The highest BCUT2D eigenvalue weighted by atomic mass is 127. The van der Waals surface area contributed by atoms with Crippen LogP contribution < -0.4 is 4.74 Å². The van der Waals surface area contributed by atoms with Gasteiger partial charge in [-0.3, -0.25) is 0 Å². The van der Waals surface area contributed by atoms with Gasteiger partial charge in [-0.2, -0.15) is 0 Å². The van der Waals surface area contributed by atoms with Gasteiger partial charge in [-0.05, 0) is 28.1 Å². The monoisotopic (exact) mass is 331 g/mol. The lowest BCUT2D eigenvalue weighted by atomic mass is 10.5. The quantitative estimate of drug-likeness (QED) is 0.360. The van der Waals surface area contributed by atoms with Crippen LogP contribution in [0.25, 0.3) is 0 Å². The van der Waals surface area contributed by atoms with Gasteiger partial charge in [-0.15, -0.1) is 0 Å². The Hall–Kier alpha value is 0.360. The van der Waals surface area contributed by atoms with Crippen LogP contribution in [0.15, 0.2) is 18.2 Å². The summed E-state index contributed by atoms with van der Waals surface area (Å²) in [5.74, 6) is 0.535. The van der Waals surface area contributed by atoms with E-state index in [0.717, 1.165) is 0 Å². The highest BCUT2D eigenvalue weighted by Gasteiger charge is 1.95. The molecule has 0 spiro atoms. The molecule has 0 aliphatic carbocycles. The molecule has 0 N–H and O–H groups in total. The number of ether oxygens (including phenoxy) is 1. The molecule has 1 rings (SSSR count). The molecule has 1 atom stereocenters. The molecule has 72 valence electrons. The molecule has 1 aromatic rings. The Balaban J connectivity index is 2.28. The van der Waals surface area contributed by atoms with Crippen LogP contribution in [0, 0.1) is 0 Å². The molecule has 0 aromatic carbocycles. The van der Waals surface area contributed by atoms with E-state index in [0.29, 0.717) is 30.7 Å². The van der Waals surface area contributed by atoms with Crippen molar-refractivity contribution in [2.24, 2.45) is 0 Å². The maximum absolute atomic E-state index is 5.66. The average molecular weight is 331 g/mol. The molecule has 0 aliphatic rings. The minimum absolute atomic E-state index is 0.439. The molecule has 0 saturated carbocycles. The van der Waals surface area contributed by atoms with E-state index in [1.807, 2.05) is 0 Å². The van der Waals surface area contributed by atoms with Crippen LogP contribution in [-0.2, 0) is 4.52 Å². The van der Waals surface area contributed by atoms with Crippen LogP contribution in [0.4, 0.5) is 0 Å². The summed E-state index contributed by atoms with van der Waals surface area (Å²) in [5, 5.41) is 0.439. The summed E-state index contributed by atoms with van der Waals surface area (Å²) < 4.78 is 10.4. The zero-order valence-electron chi connectivity index (χ0n) is 6.67. The normalized spacial score (nSPS) is 10.9. The number of pyridine rings is 1. The fourth-order valence-corrected chi connectivity index (χ4v) is 1.67. The summed E-state index contributed by atoms with van der Waals surface area (Å²) in [6, 6.07) is 5.26. The summed E-state index contributed by atoms with van der Waals surface area (Å²) >= 11 is 7.82. The summed E-state index contributed by atoms with van der Waals surface area (Å²) in [5.41, 5.74) is 0. The van der Waals surface area contributed by atoms with Crippen LogP contribution in [-0.4, -0.2) is 18.2 Å². The lowest BCUT2D eigenvalue weighted by Gasteiger charge is -2.04. The van der Waals surface area contributed by atoms with Gasteiger partial charge in [0.25, 0.3) is 0 Å². The maximum atomic E-state index is 5.66. The number of halogens is 2. The lowest BCUT2D eigenvalue weighted by Crippen LogP contribution is -2.03. The van der Waals surface area contributed by atoms with Crippen molar-refractivity contribution in [3.05, 3.63) is 23.4 Å². The fourth-order valence-electron chi connectivity index (χ4n) is 0.697. The predicted octanol–water partition coefficient (Wildman–Crippen LogP) is 3.07. The Labute approximate surface area is 96.5 Å².